The lowest BCUT2D eigenvalue weighted by molar-refractivity contribution is 0.352. The molecule has 0 radical (unpaired) electrons. The highest BCUT2D eigenvalue weighted by Gasteiger charge is 2.17. The van der Waals surface area contributed by atoms with E-state index in [1.165, 1.54) is 104 Å². The normalized spacial score (nSPS) is 11.5. The maximum absolute atomic E-state index is 5.59. The molecule has 0 atom stereocenters. The van der Waals surface area contributed by atoms with E-state index in [9.17, 15) is 0 Å². The second kappa shape index (κ2) is 32.6. The molecule has 0 unspecified atom stereocenters. The third-order valence-corrected chi connectivity index (χ3v) is 16.9. The number of aryl methyl sites for hydroxylation is 1. The van der Waals surface area contributed by atoms with Crippen LogP contribution in [0.2, 0.25) is 0 Å². The molecule has 0 N–H and O–H groups in total. The van der Waals surface area contributed by atoms with Crippen LogP contribution in [-0.4, -0.2) is 21.1 Å². The van der Waals surface area contributed by atoms with Crippen molar-refractivity contribution in [3.8, 4) is 5.75 Å². The van der Waals surface area contributed by atoms with Gasteiger partial charge in [-0.3, -0.25) is 9.97 Å². The number of hydrogen-bond acceptors (Lipinski definition) is 3. The van der Waals surface area contributed by atoms with Crippen LogP contribution in [0, 0.1) is 0 Å². The minimum atomic E-state index is 0.540. The standard InChI is InChI=1S/3C13H14.C12H15N.2C12H13N.C11H14O/c2*1-10(2)12-9-5-7-11-6-3-4-8-13(11)12;1-10(2)12-8-7-11-5-3-4-6-13(11)9-12;1-9(2)11-6-4-5-10-7-8-13(3)12(10)11;1-9(2)10-5-3-7-12-11(10)6-4-8-13-12;1-9(2)12-8-13-7-10-5-3-4-6-11(10)12;1-8(2)10-5-3-4-9-6-7-12-11(9)10/h3*3-10H,1-2H3;4-9H,1-3H3;2*3-9H,1-2H3;3-5,8H,6-7H2,1-2H3. The van der Waals surface area contributed by atoms with E-state index >= 15 is 0 Å². The maximum atomic E-state index is 5.59. The third-order valence-electron chi connectivity index (χ3n) is 16.9. The highest BCUT2D eigenvalue weighted by atomic mass is 16.5. The molecule has 13 aromatic rings. The summed E-state index contributed by atoms with van der Waals surface area (Å²) in [6.07, 6.45) is 8.92. The van der Waals surface area contributed by atoms with Gasteiger partial charge in [-0.2, -0.15) is 0 Å². The van der Waals surface area contributed by atoms with Gasteiger partial charge in [0.15, 0.2) is 0 Å². The fraction of sp³-hybridized carbons (Fsp3) is 0.279. The molecule has 14 rings (SSSR count). The summed E-state index contributed by atoms with van der Waals surface area (Å²) in [5.41, 5.74) is 13.6. The number of ether oxygens (including phenoxy) is 1. The molecule has 0 saturated carbocycles. The van der Waals surface area contributed by atoms with Gasteiger partial charge in [-0.1, -0.05) is 303 Å². The van der Waals surface area contributed by atoms with Crippen molar-refractivity contribution in [2.45, 2.75) is 145 Å². The molecule has 0 spiro atoms. The summed E-state index contributed by atoms with van der Waals surface area (Å²) in [6.45, 7) is 32.0. The van der Waals surface area contributed by atoms with Gasteiger partial charge in [-0.15, -0.1) is 0 Å². The van der Waals surface area contributed by atoms with E-state index in [0.717, 1.165) is 24.3 Å². The van der Waals surface area contributed by atoms with Crippen molar-refractivity contribution in [3.63, 3.8) is 0 Å². The largest absolute Gasteiger partial charge is 0.493 e. The molecule has 0 saturated heterocycles. The molecule has 3 aromatic heterocycles. The molecule has 0 amide bonds. The first kappa shape index (κ1) is 67.1. The minimum Gasteiger partial charge on any atom is -0.493 e. The topological polar surface area (TPSA) is 39.9 Å². The third kappa shape index (κ3) is 17.5. The summed E-state index contributed by atoms with van der Waals surface area (Å²) >= 11 is 0. The van der Waals surface area contributed by atoms with E-state index in [1.54, 1.807) is 0 Å². The number of nitrogens with zero attached hydrogens (tertiary/aromatic N) is 3. The quantitative estimate of drug-likeness (QED) is 0.160. The summed E-state index contributed by atoms with van der Waals surface area (Å²) in [6, 6.07) is 79.3. The molecule has 1 aliphatic rings. The van der Waals surface area contributed by atoms with Gasteiger partial charge in [-0.05, 0) is 147 Å². The van der Waals surface area contributed by atoms with Crippen molar-refractivity contribution < 1.29 is 4.74 Å². The van der Waals surface area contributed by atoms with E-state index in [2.05, 4.69) is 337 Å². The van der Waals surface area contributed by atoms with Crippen molar-refractivity contribution >= 4 is 64.9 Å². The zero-order chi connectivity index (χ0) is 64.3. The molecule has 462 valence electrons. The minimum absolute atomic E-state index is 0.540. The molecule has 1 aliphatic heterocycles. The number of para-hydroxylation sites is 2. The van der Waals surface area contributed by atoms with Gasteiger partial charge in [0.25, 0.3) is 0 Å². The first-order chi connectivity index (χ1) is 43.4. The van der Waals surface area contributed by atoms with Gasteiger partial charge < -0.3 is 9.30 Å². The summed E-state index contributed by atoms with van der Waals surface area (Å²) in [4.78, 5) is 8.56. The Balaban J connectivity index is 0.000000136. The predicted molar refractivity (Wildman–Crippen MR) is 393 cm³/mol. The Bertz CT molecular complexity index is 4000. The fourth-order valence-electron chi connectivity index (χ4n) is 11.9. The van der Waals surface area contributed by atoms with Crippen molar-refractivity contribution in [3.05, 3.63) is 294 Å². The Labute approximate surface area is 539 Å². The zero-order valence-electron chi connectivity index (χ0n) is 56.4. The highest BCUT2D eigenvalue weighted by molar-refractivity contribution is 5.88. The molecule has 4 nitrogen and oxygen atoms in total. The lowest BCUT2D eigenvalue weighted by atomic mass is 9.96. The number of fused-ring (bicyclic) bond motifs is 7. The number of rotatable bonds is 7. The molecule has 90 heavy (non-hydrogen) atoms. The van der Waals surface area contributed by atoms with Crippen molar-refractivity contribution in [1.29, 1.82) is 0 Å². The van der Waals surface area contributed by atoms with Gasteiger partial charge in [0.05, 0.1) is 17.6 Å². The Kier molecular flexibility index (Phi) is 24.3. The van der Waals surface area contributed by atoms with Crippen molar-refractivity contribution in [1.82, 2.24) is 14.5 Å². The van der Waals surface area contributed by atoms with Crippen LogP contribution < -0.4 is 4.74 Å². The lowest BCUT2D eigenvalue weighted by Crippen LogP contribution is -1.93. The summed E-state index contributed by atoms with van der Waals surface area (Å²) < 4.78 is 7.79. The molecule has 4 heterocycles. The van der Waals surface area contributed by atoms with Crippen LogP contribution in [0.3, 0.4) is 0 Å². The molecule has 0 fully saturated rings. The van der Waals surface area contributed by atoms with E-state index in [4.69, 9.17) is 4.74 Å². The molecular formula is C86H97N3O. The maximum Gasteiger partial charge on any atom is 0.126 e. The first-order valence-corrected chi connectivity index (χ1v) is 32.8. The van der Waals surface area contributed by atoms with Gasteiger partial charge in [0.2, 0.25) is 0 Å². The van der Waals surface area contributed by atoms with Gasteiger partial charge in [0.1, 0.15) is 5.75 Å². The Morgan fingerprint density at radius 3 is 1.36 bits per heavy atom. The smallest absolute Gasteiger partial charge is 0.126 e. The number of aromatic nitrogens is 3. The number of benzene rings is 10. The second-order valence-corrected chi connectivity index (χ2v) is 25.8. The van der Waals surface area contributed by atoms with E-state index in [0.29, 0.717) is 41.4 Å². The average Bonchev–Trinajstić information content (AvgIpc) is 1.82. The first-order valence-electron chi connectivity index (χ1n) is 32.8. The summed E-state index contributed by atoms with van der Waals surface area (Å²) in [7, 11) is 2.11. The van der Waals surface area contributed by atoms with Gasteiger partial charge in [0, 0.05) is 49.0 Å². The monoisotopic (exact) mass is 1190 g/mol. The Hall–Kier alpha value is -8.86. The molecular weight excluding hydrogens is 1090 g/mol. The van der Waals surface area contributed by atoms with Crippen LogP contribution in [0.4, 0.5) is 0 Å². The van der Waals surface area contributed by atoms with Crippen LogP contribution in [0.1, 0.15) is 183 Å². The number of pyridine rings is 2. The van der Waals surface area contributed by atoms with Gasteiger partial charge >= 0.3 is 0 Å². The van der Waals surface area contributed by atoms with E-state index < -0.39 is 0 Å². The van der Waals surface area contributed by atoms with Crippen LogP contribution in [-0.2, 0) is 13.5 Å². The van der Waals surface area contributed by atoms with Crippen molar-refractivity contribution in [2.75, 3.05) is 6.61 Å². The SMILES string of the molecule is CC(C)c1ccc2ccccc2c1.CC(C)c1cccc2c1OCC2.CC(C)c1cccc2ccccc12.CC(C)c1cccc2ccccc12.CC(C)c1cccc2ccn(C)c12.CC(C)c1cccc2ncccc12.CC(C)c1cncc2ccccc12. The van der Waals surface area contributed by atoms with Crippen LogP contribution in [0.25, 0.3) is 64.9 Å². The lowest BCUT2D eigenvalue weighted by Gasteiger charge is -2.10. The highest BCUT2D eigenvalue weighted by Crippen LogP contribution is 2.34. The molecule has 0 bridgehead atoms. The summed E-state index contributed by atoms with van der Waals surface area (Å²) in [5, 5.41) is 13.3. The Morgan fingerprint density at radius 2 is 0.789 bits per heavy atom. The second-order valence-electron chi connectivity index (χ2n) is 25.8. The fourth-order valence-corrected chi connectivity index (χ4v) is 11.9. The molecule has 4 heteroatoms. The molecule has 0 aliphatic carbocycles. The van der Waals surface area contributed by atoms with Gasteiger partial charge in [-0.25, -0.2) is 0 Å². The van der Waals surface area contributed by atoms with Crippen LogP contribution >= 0.6 is 0 Å². The van der Waals surface area contributed by atoms with E-state index in [-0.39, 0.29) is 0 Å². The van der Waals surface area contributed by atoms with E-state index in [1.807, 2.05) is 30.7 Å². The molecule has 10 aromatic carbocycles. The van der Waals surface area contributed by atoms with Crippen molar-refractivity contribution in [2.24, 2.45) is 7.05 Å². The van der Waals surface area contributed by atoms with Crippen LogP contribution in [0.15, 0.2) is 249 Å². The Morgan fingerprint density at radius 1 is 0.344 bits per heavy atom. The zero-order valence-corrected chi connectivity index (χ0v) is 56.4. The predicted octanol–water partition coefficient (Wildman–Crippen LogP) is 24.7. The number of hydrogen-bond donors (Lipinski definition) is 0. The van der Waals surface area contributed by atoms with Crippen LogP contribution in [0.5, 0.6) is 5.75 Å². The summed E-state index contributed by atoms with van der Waals surface area (Å²) in [5.74, 6) is 5.23. The average molecular weight is 1190 g/mol.